The van der Waals surface area contributed by atoms with Gasteiger partial charge in [0.2, 0.25) is 5.91 Å². The molecule has 162 valence electrons. The molecule has 5 rings (SSSR count). The van der Waals surface area contributed by atoms with Crippen LogP contribution in [0, 0.1) is 0 Å². The Morgan fingerprint density at radius 3 is 2.75 bits per heavy atom. The van der Waals surface area contributed by atoms with Crippen molar-refractivity contribution in [2.45, 2.75) is 32.5 Å². The van der Waals surface area contributed by atoms with Crippen molar-refractivity contribution < 1.29 is 4.79 Å². The van der Waals surface area contributed by atoms with E-state index < -0.39 is 0 Å². The normalized spacial score (nSPS) is 14.1. The summed E-state index contributed by atoms with van der Waals surface area (Å²) in [4.78, 5) is 19.2. The van der Waals surface area contributed by atoms with Gasteiger partial charge in [0.15, 0.2) is 5.82 Å². The highest BCUT2D eigenvalue weighted by Gasteiger charge is 2.19. The number of rotatable bonds is 6. The van der Waals surface area contributed by atoms with Gasteiger partial charge in [-0.05, 0) is 29.3 Å². The van der Waals surface area contributed by atoms with Gasteiger partial charge in [0.05, 0.1) is 18.5 Å². The molecule has 1 N–H and O–H groups in total. The topological polar surface area (TPSA) is 75.9 Å². The second-order valence-electron chi connectivity index (χ2n) is 8.18. The fourth-order valence-corrected chi connectivity index (χ4v) is 4.22. The third-order valence-corrected chi connectivity index (χ3v) is 5.92. The summed E-state index contributed by atoms with van der Waals surface area (Å²) in [6, 6.07) is 20.3. The fraction of sp³-hybridized carbons (Fsp3) is 0.280. The Hall–Kier alpha value is -3.58. The molecule has 2 aromatic carbocycles. The van der Waals surface area contributed by atoms with Crippen LogP contribution in [-0.4, -0.2) is 43.6 Å². The van der Waals surface area contributed by atoms with Crippen molar-refractivity contribution in [2.75, 3.05) is 13.1 Å². The molecule has 1 aliphatic rings. The second kappa shape index (κ2) is 9.28. The van der Waals surface area contributed by atoms with Crippen molar-refractivity contribution in [2.24, 2.45) is 0 Å². The summed E-state index contributed by atoms with van der Waals surface area (Å²) in [5, 5.41) is 12.9. The number of hydrogen-bond donors (Lipinski definition) is 1. The number of amides is 1. The molecule has 0 atom stereocenters. The van der Waals surface area contributed by atoms with Crippen LogP contribution in [0.2, 0.25) is 0 Å². The number of carbonyl (C=O) groups is 1. The summed E-state index contributed by atoms with van der Waals surface area (Å²) in [5.74, 6) is 1.80. The summed E-state index contributed by atoms with van der Waals surface area (Å²) in [7, 11) is 0. The summed E-state index contributed by atoms with van der Waals surface area (Å²) in [6.07, 6.45) is 3.05. The number of pyridine rings is 1. The standard InChI is InChI=1S/C25H26N6O/c32-25(16-19-5-2-1-3-6-19)27-17-24-29-28-23-10-12-30(13-14-31(23)24)18-20-8-9-22-21(15-20)7-4-11-26-22/h1-9,11,15H,10,12-14,16-18H2,(H,27,32). The zero-order valence-electron chi connectivity index (χ0n) is 17.9. The van der Waals surface area contributed by atoms with Crippen molar-refractivity contribution in [3.8, 4) is 0 Å². The van der Waals surface area contributed by atoms with Gasteiger partial charge in [0.1, 0.15) is 5.82 Å². The van der Waals surface area contributed by atoms with Crippen molar-refractivity contribution in [3.05, 3.63) is 89.6 Å². The molecule has 1 aliphatic heterocycles. The largest absolute Gasteiger partial charge is 0.349 e. The van der Waals surface area contributed by atoms with E-state index in [0.717, 1.165) is 55.3 Å². The molecule has 0 radical (unpaired) electrons. The molecule has 4 aromatic rings. The van der Waals surface area contributed by atoms with Crippen LogP contribution in [0.4, 0.5) is 0 Å². The molecule has 0 bridgehead atoms. The smallest absolute Gasteiger partial charge is 0.224 e. The van der Waals surface area contributed by atoms with Gasteiger partial charge in [-0.15, -0.1) is 10.2 Å². The summed E-state index contributed by atoms with van der Waals surface area (Å²) in [5.41, 5.74) is 3.32. The van der Waals surface area contributed by atoms with Crippen molar-refractivity contribution in [3.63, 3.8) is 0 Å². The Labute approximate surface area is 187 Å². The molecule has 7 nitrogen and oxygen atoms in total. The molecule has 0 saturated carbocycles. The lowest BCUT2D eigenvalue weighted by Gasteiger charge is -2.20. The first kappa shape index (κ1) is 20.3. The summed E-state index contributed by atoms with van der Waals surface area (Å²) >= 11 is 0. The number of benzene rings is 2. The van der Waals surface area contributed by atoms with Crippen LogP contribution in [0.5, 0.6) is 0 Å². The highest BCUT2D eigenvalue weighted by molar-refractivity contribution is 5.79. The summed E-state index contributed by atoms with van der Waals surface area (Å²) in [6.45, 7) is 3.97. The molecule has 0 aliphatic carbocycles. The SMILES string of the molecule is O=C(Cc1ccccc1)NCc1nnc2n1CCN(Cc1ccc3ncccc3c1)CC2. The van der Waals surface area contributed by atoms with Crippen LogP contribution in [0.25, 0.3) is 10.9 Å². The van der Waals surface area contributed by atoms with Gasteiger partial charge >= 0.3 is 0 Å². The first-order valence-electron chi connectivity index (χ1n) is 11.0. The molecule has 0 unspecified atom stereocenters. The maximum Gasteiger partial charge on any atom is 0.224 e. The second-order valence-corrected chi connectivity index (χ2v) is 8.18. The van der Waals surface area contributed by atoms with Gasteiger partial charge in [-0.2, -0.15) is 0 Å². The monoisotopic (exact) mass is 426 g/mol. The number of fused-ring (bicyclic) bond motifs is 2. The van der Waals surface area contributed by atoms with Crippen LogP contribution in [-0.2, 0) is 37.3 Å². The van der Waals surface area contributed by atoms with E-state index in [1.165, 1.54) is 10.9 Å². The van der Waals surface area contributed by atoms with E-state index >= 15 is 0 Å². The maximum absolute atomic E-state index is 12.3. The van der Waals surface area contributed by atoms with Crippen molar-refractivity contribution in [1.29, 1.82) is 0 Å². The molecule has 0 spiro atoms. The van der Waals surface area contributed by atoms with E-state index in [1.54, 1.807) is 0 Å². The van der Waals surface area contributed by atoms with Crippen LogP contribution < -0.4 is 5.32 Å². The van der Waals surface area contributed by atoms with Gasteiger partial charge in [0, 0.05) is 44.2 Å². The minimum absolute atomic E-state index is 0.00501. The van der Waals surface area contributed by atoms with Gasteiger partial charge in [0.25, 0.3) is 0 Å². The predicted molar refractivity (Wildman–Crippen MR) is 123 cm³/mol. The first-order chi connectivity index (χ1) is 15.7. The Kier molecular flexibility index (Phi) is 5.89. The van der Waals surface area contributed by atoms with E-state index in [2.05, 4.69) is 54.2 Å². The van der Waals surface area contributed by atoms with E-state index in [4.69, 9.17) is 0 Å². The third kappa shape index (κ3) is 4.68. The molecule has 32 heavy (non-hydrogen) atoms. The van der Waals surface area contributed by atoms with Crippen LogP contribution in [0.3, 0.4) is 0 Å². The van der Waals surface area contributed by atoms with E-state index in [0.29, 0.717) is 13.0 Å². The highest BCUT2D eigenvalue weighted by atomic mass is 16.1. The van der Waals surface area contributed by atoms with E-state index in [-0.39, 0.29) is 5.91 Å². The fourth-order valence-electron chi connectivity index (χ4n) is 4.22. The average molecular weight is 427 g/mol. The summed E-state index contributed by atoms with van der Waals surface area (Å²) < 4.78 is 2.16. The van der Waals surface area contributed by atoms with Gasteiger partial charge < -0.3 is 9.88 Å². The number of nitrogens with one attached hydrogen (secondary N) is 1. The molecule has 2 aromatic heterocycles. The predicted octanol–water partition coefficient (Wildman–Crippen LogP) is 2.74. The Morgan fingerprint density at radius 2 is 1.84 bits per heavy atom. The Balaban J connectivity index is 1.19. The Morgan fingerprint density at radius 1 is 0.938 bits per heavy atom. The highest BCUT2D eigenvalue weighted by Crippen LogP contribution is 2.17. The molecular formula is C25H26N6O. The quantitative estimate of drug-likeness (QED) is 0.513. The van der Waals surface area contributed by atoms with Gasteiger partial charge in [-0.3, -0.25) is 14.7 Å². The van der Waals surface area contributed by atoms with Crippen LogP contribution >= 0.6 is 0 Å². The van der Waals surface area contributed by atoms with Crippen LogP contribution in [0.1, 0.15) is 22.8 Å². The van der Waals surface area contributed by atoms with Crippen LogP contribution in [0.15, 0.2) is 66.9 Å². The molecule has 7 heteroatoms. The molecular weight excluding hydrogens is 400 g/mol. The van der Waals surface area contributed by atoms with Gasteiger partial charge in [-0.25, -0.2) is 0 Å². The zero-order valence-corrected chi connectivity index (χ0v) is 17.9. The maximum atomic E-state index is 12.3. The number of nitrogens with zero attached hydrogens (tertiary/aromatic N) is 5. The Bertz CT molecular complexity index is 1220. The lowest BCUT2D eigenvalue weighted by Crippen LogP contribution is -2.28. The number of aromatic nitrogens is 4. The minimum atomic E-state index is -0.00501. The van der Waals surface area contributed by atoms with Crippen molar-refractivity contribution in [1.82, 2.24) is 30.0 Å². The lowest BCUT2D eigenvalue weighted by atomic mass is 10.1. The molecule has 0 fully saturated rings. The lowest BCUT2D eigenvalue weighted by molar-refractivity contribution is -0.120. The molecule has 1 amide bonds. The first-order valence-corrected chi connectivity index (χ1v) is 11.0. The molecule has 3 heterocycles. The van der Waals surface area contributed by atoms with Crippen molar-refractivity contribution >= 4 is 16.8 Å². The minimum Gasteiger partial charge on any atom is -0.349 e. The van der Waals surface area contributed by atoms with E-state index in [9.17, 15) is 4.79 Å². The van der Waals surface area contributed by atoms with E-state index in [1.807, 2.05) is 42.6 Å². The molecule has 0 saturated heterocycles. The number of carbonyl (C=O) groups excluding carboxylic acids is 1. The van der Waals surface area contributed by atoms with Gasteiger partial charge in [-0.1, -0.05) is 42.5 Å². The zero-order chi connectivity index (χ0) is 21.8. The number of hydrogen-bond acceptors (Lipinski definition) is 5. The third-order valence-electron chi connectivity index (χ3n) is 5.92. The average Bonchev–Trinajstić information content (AvgIpc) is 3.10.